The minimum Gasteiger partial charge on any atom is -0.478 e. The lowest BCUT2D eigenvalue weighted by atomic mass is 9.86. The van der Waals surface area contributed by atoms with Crippen molar-refractivity contribution in [1.82, 2.24) is 0 Å². The average molecular weight is 419 g/mol. The molecule has 0 saturated carbocycles. The predicted octanol–water partition coefficient (Wildman–Crippen LogP) is 6.31. The van der Waals surface area contributed by atoms with Crippen LogP contribution < -0.4 is 0 Å². The Kier molecular flexibility index (Phi) is 5.67. The molecule has 31 heavy (non-hydrogen) atoms. The Bertz CT molecular complexity index is 892. The maximum atomic E-state index is 5.86. The predicted molar refractivity (Wildman–Crippen MR) is 127 cm³/mol. The molecule has 2 heterocycles. The Labute approximate surface area is 186 Å². The van der Waals surface area contributed by atoms with E-state index in [2.05, 4.69) is 90.1 Å². The second-order valence-electron chi connectivity index (χ2n) is 10.6. The first-order chi connectivity index (χ1) is 14.6. The lowest BCUT2D eigenvalue weighted by Crippen LogP contribution is -2.11. The molecule has 4 rings (SSSR count). The molecule has 0 N–H and O–H groups in total. The van der Waals surface area contributed by atoms with E-state index in [-0.39, 0.29) is 22.9 Å². The molecule has 4 nitrogen and oxygen atoms in total. The number of hydrogen-bond donors (Lipinski definition) is 0. The highest BCUT2D eigenvalue weighted by Gasteiger charge is 2.27. The highest BCUT2D eigenvalue weighted by atomic mass is 16.5. The van der Waals surface area contributed by atoms with E-state index in [1.54, 1.807) is 0 Å². The topological polar surface area (TPSA) is 43.2 Å². The maximum absolute atomic E-state index is 5.86. The van der Waals surface area contributed by atoms with Gasteiger partial charge in [0.15, 0.2) is 11.8 Å². The van der Waals surface area contributed by atoms with Crippen molar-refractivity contribution in [3.05, 3.63) is 70.8 Å². The zero-order valence-electron chi connectivity index (χ0n) is 19.6. The summed E-state index contributed by atoms with van der Waals surface area (Å²) in [4.78, 5) is 9.57. The number of ether oxygens (including phenoxy) is 2. The van der Waals surface area contributed by atoms with Gasteiger partial charge in [0.1, 0.15) is 25.3 Å². The Morgan fingerprint density at radius 3 is 1.32 bits per heavy atom. The Morgan fingerprint density at radius 1 is 0.645 bits per heavy atom. The zero-order valence-corrected chi connectivity index (χ0v) is 19.6. The van der Waals surface area contributed by atoms with Crippen LogP contribution in [0.4, 0.5) is 0 Å². The molecule has 0 aliphatic carbocycles. The summed E-state index contributed by atoms with van der Waals surface area (Å²) in [5, 5.41) is 0. The molecular formula is C27H34N2O2. The molecule has 164 valence electrons. The lowest BCUT2D eigenvalue weighted by molar-refractivity contribution is 0.300. The summed E-state index contributed by atoms with van der Waals surface area (Å²) in [7, 11) is 0. The molecule has 0 spiro atoms. The molecule has 2 aliphatic heterocycles. The second-order valence-corrected chi connectivity index (χ2v) is 10.6. The molecule has 0 radical (unpaired) electrons. The average Bonchev–Trinajstić information content (AvgIpc) is 3.37. The van der Waals surface area contributed by atoms with Crippen LogP contribution in [0.1, 0.15) is 82.3 Å². The Morgan fingerprint density at radius 2 is 1.00 bits per heavy atom. The van der Waals surface area contributed by atoms with E-state index in [1.165, 1.54) is 22.3 Å². The molecule has 2 unspecified atom stereocenters. The van der Waals surface area contributed by atoms with Gasteiger partial charge in [-0.2, -0.15) is 0 Å². The summed E-state index contributed by atoms with van der Waals surface area (Å²) in [6.45, 7) is 14.5. The number of hydrogen-bond acceptors (Lipinski definition) is 4. The molecule has 2 aromatic rings. The molecule has 0 fully saturated rings. The van der Waals surface area contributed by atoms with Crippen molar-refractivity contribution >= 4 is 11.8 Å². The van der Waals surface area contributed by atoms with Crippen molar-refractivity contribution in [2.24, 2.45) is 9.98 Å². The minimum absolute atomic E-state index is 0.0479. The third-order valence-corrected chi connectivity index (χ3v) is 6.04. The van der Waals surface area contributed by atoms with Gasteiger partial charge in [-0.15, -0.1) is 0 Å². The van der Waals surface area contributed by atoms with Gasteiger partial charge < -0.3 is 9.47 Å². The van der Waals surface area contributed by atoms with Crippen LogP contribution in [0.15, 0.2) is 58.5 Å². The summed E-state index contributed by atoms with van der Waals surface area (Å²) in [6, 6.07) is 17.6. The van der Waals surface area contributed by atoms with Crippen molar-refractivity contribution in [3.8, 4) is 0 Å². The molecule has 0 saturated heterocycles. The molecule has 0 aromatic heterocycles. The first kappa shape index (κ1) is 21.6. The van der Waals surface area contributed by atoms with Crippen molar-refractivity contribution in [2.45, 2.75) is 70.9 Å². The fraction of sp³-hybridized carbons (Fsp3) is 0.481. The summed E-state index contributed by atoms with van der Waals surface area (Å²) >= 11 is 0. The van der Waals surface area contributed by atoms with Crippen LogP contribution in [0, 0.1) is 0 Å². The van der Waals surface area contributed by atoms with Gasteiger partial charge in [-0.25, -0.2) is 9.98 Å². The van der Waals surface area contributed by atoms with Crippen LogP contribution in [0.3, 0.4) is 0 Å². The van der Waals surface area contributed by atoms with Crippen LogP contribution in [0.5, 0.6) is 0 Å². The number of nitrogens with zero attached hydrogens (tertiary/aromatic N) is 2. The van der Waals surface area contributed by atoms with Crippen molar-refractivity contribution in [3.63, 3.8) is 0 Å². The largest absolute Gasteiger partial charge is 0.478 e. The van der Waals surface area contributed by atoms with Crippen LogP contribution in [-0.2, 0) is 20.3 Å². The number of benzene rings is 2. The van der Waals surface area contributed by atoms with E-state index in [1.807, 2.05) is 0 Å². The molecule has 4 heteroatoms. The van der Waals surface area contributed by atoms with Gasteiger partial charge in [-0.05, 0) is 33.1 Å². The van der Waals surface area contributed by atoms with Gasteiger partial charge in [-0.3, -0.25) is 0 Å². The van der Waals surface area contributed by atoms with Gasteiger partial charge in [-0.1, -0.05) is 90.1 Å². The van der Waals surface area contributed by atoms with Gasteiger partial charge >= 0.3 is 0 Å². The summed E-state index contributed by atoms with van der Waals surface area (Å²) in [5.74, 6) is 1.43. The molecule has 0 amide bonds. The third kappa shape index (κ3) is 5.00. The SMILES string of the molecule is CC(C)(C)c1ccc(C2COC(CC3=NC(c4ccc(C(C)(C)C)cc4)CO3)=N2)cc1. The lowest BCUT2D eigenvalue weighted by Gasteiger charge is -2.19. The van der Waals surface area contributed by atoms with Crippen molar-refractivity contribution < 1.29 is 9.47 Å². The fourth-order valence-corrected chi connectivity index (χ4v) is 3.92. The molecular weight excluding hydrogens is 384 g/mol. The standard InChI is InChI=1S/C27H34N2O2/c1-26(2,3)20-11-7-18(8-12-20)22-16-30-24(28-22)15-25-29-23(17-31-25)19-9-13-21(14-10-19)27(4,5)6/h7-14,22-23H,15-17H2,1-6H3. The van der Waals surface area contributed by atoms with Gasteiger partial charge in [0.05, 0.1) is 6.42 Å². The Hall–Kier alpha value is -2.62. The quantitative estimate of drug-likeness (QED) is 0.584. The summed E-state index contributed by atoms with van der Waals surface area (Å²) < 4.78 is 11.7. The molecule has 2 aliphatic rings. The monoisotopic (exact) mass is 418 g/mol. The highest BCUT2D eigenvalue weighted by Crippen LogP contribution is 2.30. The van der Waals surface area contributed by atoms with Gasteiger partial charge in [0, 0.05) is 0 Å². The normalized spacial score (nSPS) is 21.4. The third-order valence-electron chi connectivity index (χ3n) is 6.04. The van der Waals surface area contributed by atoms with E-state index >= 15 is 0 Å². The maximum Gasteiger partial charge on any atom is 0.193 e. The fourth-order valence-electron chi connectivity index (χ4n) is 3.92. The van der Waals surface area contributed by atoms with Crippen LogP contribution >= 0.6 is 0 Å². The molecule has 2 atom stereocenters. The van der Waals surface area contributed by atoms with E-state index in [9.17, 15) is 0 Å². The van der Waals surface area contributed by atoms with Gasteiger partial charge in [0.2, 0.25) is 0 Å². The minimum atomic E-state index is 0.0479. The van der Waals surface area contributed by atoms with Crippen LogP contribution in [-0.4, -0.2) is 25.0 Å². The van der Waals surface area contributed by atoms with Crippen LogP contribution in [0.2, 0.25) is 0 Å². The van der Waals surface area contributed by atoms with E-state index < -0.39 is 0 Å². The highest BCUT2D eigenvalue weighted by molar-refractivity contribution is 5.98. The summed E-state index contributed by atoms with van der Waals surface area (Å²) in [5.41, 5.74) is 5.34. The second kappa shape index (κ2) is 8.14. The number of aliphatic imine (C=N–C) groups is 2. The van der Waals surface area contributed by atoms with E-state index in [4.69, 9.17) is 19.5 Å². The van der Waals surface area contributed by atoms with E-state index in [0.29, 0.717) is 31.4 Å². The summed E-state index contributed by atoms with van der Waals surface area (Å²) in [6.07, 6.45) is 0.521. The van der Waals surface area contributed by atoms with Crippen LogP contribution in [0.25, 0.3) is 0 Å². The first-order valence-electron chi connectivity index (χ1n) is 11.2. The number of rotatable bonds is 4. The van der Waals surface area contributed by atoms with E-state index in [0.717, 1.165) is 0 Å². The van der Waals surface area contributed by atoms with Gasteiger partial charge in [0.25, 0.3) is 0 Å². The first-order valence-corrected chi connectivity index (χ1v) is 11.2. The van der Waals surface area contributed by atoms with Crippen molar-refractivity contribution in [1.29, 1.82) is 0 Å². The Balaban J connectivity index is 1.39. The van der Waals surface area contributed by atoms with Crippen molar-refractivity contribution in [2.75, 3.05) is 13.2 Å². The zero-order chi connectivity index (χ0) is 22.2. The molecule has 2 aromatic carbocycles. The molecule has 0 bridgehead atoms. The smallest absolute Gasteiger partial charge is 0.193 e.